The van der Waals surface area contributed by atoms with E-state index in [9.17, 15) is 18.7 Å². The molecule has 1 saturated heterocycles. The Kier molecular flexibility index (Phi) is 9.27. The Morgan fingerprint density at radius 3 is 2.43 bits per heavy atom. The molecule has 0 spiro atoms. The van der Waals surface area contributed by atoms with E-state index in [4.69, 9.17) is 9.72 Å². The highest BCUT2D eigenvalue weighted by atomic mass is 19.3. The van der Waals surface area contributed by atoms with Crippen molar-refractivity contribution in [3.63, 3.8) is 0 Å². The van der Waals surface area contributed by atoms with Crippen molar-refractivity contribution >= 4 is 23.1 Å². The lowest BCUT2D eigenvalue weighted by Crippen LogP contribution is -2.49. The van der Waals surface area contributed by atoms with Crippen LogP contribution in [0.5, 0.6) is 0 Å². The summed E-state index contributed by atoms with van der Waals surface area (Å²) in [6.07, 6.45) is 3.91. The minimum atomic E-state index is -2.38. The Bertz CT molecular complexity index is 1340. The van der Waals surface area contributed by atoms with Crippen molar-refractivity contribution < 1.29 is 23.4 Å². The fourth-order valence-electron chi connectivity index (χ4n) is 5.72. The van der Waals surface area contributed by atoms with E-state index < -0.39 is 12.0 Å². The molecule has 2 N–H and O–H groups in total. The summed E-state index contributed by atoms with van der Waals surface area (Å²) in [5.74, 6) is 0.340. The molecule has 9 nitrogen and oxygen atoms in total. The topological polar surface area (TPSA) is 95.8 Å². The SMILES string of the molecule is CC(C)(C)OC(=O)N1CCN(Cc2ccc(-c3cn([C@H]4CC[C@H](O)CC4)c4nc(NCCC(F)F)ncc34)cc2)CC1. The van der Waals surface area contributed by atoms with Gasteiger partial charge in [-0.1, -0.05) is 24.3 Å². The number of hydrogen-bond donors (Lipinski definition) is 2. The minimum absolute atomic E-state index is 0.101. The van der Waals surface area contributed by atoms with E-state index in [0.29, 0.717) is 19.0 Å². The minimum Gasteiger partial charge on any atom is -0.444 e. The summed E-state index contributed by atoms with van der Waals surface area (Å²) in [5.41, 5.74) is 3.54. The summed E-state index contributed by atoms with van der Waals surface area (Å²) in [7, 11) is 0. The number of piperazine rings is 1. The van der Waals surface area contributed by atoms with E-state index >= 15 is 0 Å². The molecule has 3 heterocycles. The van der Waals surface area contributed by atoms with E-state index in [-0.39, 0.29) is 31.2 Å². The molecular weight excluding hydrogens is 542 g/mol. The first-order valence-electron chi connectivity index (χ1n) is 14.9. The fourth-order valence-corrected chi connectivity index (χ4v) is 5.72. The number of benzene rings is 1. The zero-order valence-corrected chi connectivity index (χ0v) is 24.7. The molecule has 0 bridgehead atoms. The number of alkyl halides is 2. The van der Waals surface area contributed by atoms with Gasteiger partial charge in [0.1, 0.15) is 11.2 Å². The molecule has 0 radical (unpaired) electrons. The predicted octanol–water partition coefficient (Wildman–Crippen LogP) is 5.69. The molecule has 11 heteroatoms. The van der Waals surface area contributed by atoms with E-state index in [1.54, 1.807) is 11.1 Å². The van der Waals surface area contributed by atoms with Crippen molar-refractivity contribution in [1.29, 1.82) is 0 Å². The van der Waals surface area contributed by atoms with Gasteiger partial charge in [-0.3, -0.25) is 4.90 Å². The largest absolute Gasteiger partial charge is 0.444 e. The number of nitrogens with zero attached hydrogens (tertiary/aromatic N) is 5. The number of fused-ring (bicyclic) bond motifs is 1. The number of halogens is 2. The van der Waals surface area contributed by atoms with Crippen molar-refractivity contribution in [2.45, 2.75) is 83.6 Å². The Morgan fingerprint density at radius 2 is 1.79 bits per heavy atom. The third-order valence-electron chi connectivity index (χ3n) is 7.97. The van der Waals surface area contributed by atoms with E-state index in [0.717, 1.165) is 67.5 Å². The molecule has 5 rings (SSSR count). The summed E-state index contributed by atoms with van der Waals surface area (Å²) < 4.78 is 33.0. The summed E-state index contributed by atoms with van der Waals surface area (Å²) in [6, 6.07) is 8.70. The summed E-state index contributed by atoms with van der Waals surface area (Å²) in [4.78, 5) is 25.7. The Balaban J connectivity index is 1.29. The van der Waals surface area contributed by atoms with Crippen molar-refractivity contribution in [1.82, 2.24) is 24.3 Å². The number of aromatic nitrogens is 3. The van der Waals surface area contributed by atoms with Gasteiger partial charge in [0.25, 0.3) is 0 Å². The number of nitrogens with one attached hydrogen (secondary N) is 1. The van der Waals surface area contributed by atoms with Crippen LogP contribution in [0.25, 0.3) is 22.2 Å². The first-order chi connectivity index (χ1) is 20.1. The summed E-state index contributed by atoms with van der Waals surface area (Å²) in [6.45, 7) is 9.40. The molecule has 0 unspecified atom stereocenters. The Hall–Kier alpha value is -3.31. The number of carbonyl (C=O) groups is 1. The van der Waals surface area contributed by atoms with Gasteiger partial charge in [0.15, 0.2) is 0 Å². The summed E-state index contributed by atoms with van der Waals surface area (Å²) in [5, 5.41) is 13.9. The fraction of sp³-hybridized carbons (Fsp3) is 0.581. The maximum absolute atomic E-state index is 12.6. The second kappa shape index (κ2) is 12.9. The number of rotatable bonds is 8. The molecular formula is C31H42F2N6O3. The number of amides is 1. The van der Waals surface area contributed by atoms with Crippen molar-refractivity contribution in [3.8, 4) is 11.1 Å². The molecule has 42 heavy (non-hydrogen) atoms. The van der Waals surface area contributed by atoms with Crippen LogP contribution in [-0.4, -0.2) is 86.4 Å². The van der Waals surface area contributed by atoms with Gasteiger partial charge in [-0.25, -0.2) is 18.6 Å². The van der Waals surface area contributed by atoms with Crippen LogP contribution in [0.1, 0.15) is 64.5 Å². The molecule has 1 aliphatic carbocycles. The van der Waals surface area contributed by atoms with Gasteiger partial charge in [0.2, 0.25) is 12.4 Å². The second-order valence-electron chi connectivity index (χ2n) is 12.4. The summed E-state index contributed by atoms with van der Waals surface area (Å²) >= 11 is 0. The smallest absolute Gasteiger partial charge is 0.410 e. The van der Waals surface area contributed by atoms with Gasteiger partial charge >= 0.3 is 6.09 Å². The number of aliphatic hydroxyl groups is 1. The lowest BCUT2D eigenvalue weighted by molar-refractivity contribution is 0.0139. The number of anilines is 1. The van der Waals surface area contributed by atoms with Crippen molar-refractivity contribution in [3.05, 3.63) is 42.2 Å². The van der Waals surface area contributed by atoms with Crippen LogP contribution in [0.2, 0.25) is 0 Å². The van der Waals surface area contributed by atoms with Gasteiger partial charge in [0.05, 0.1) is 6.10 Å². The predicted molar refractivity (Wildman–Crippen MR) is 159 cm³/mol. The Labute approximate surface area is 245 Å². The number of carbonyl (C=O) groups excluding carboxylic acids is 1. The van der Waals surface area contributed by atoms with Crippen LogP contribution in [0.3, 0.4) is 0 Å². The van der Waals surface area contributed by atoms with Crippen LogP contribution in [0.15, 0.2) is 36.7 Å². The van der Waals surface area contributed by atoms with Crippen LogP contribution in [0, 0.1) is 0 Å². The molecule has 1 saturated carbocycles. The third kappa shape index (κ3) is 7.55. The highest BCUT2D eigenvalue weighted by molar-refractivity contribution is 5.94. The van der Waals surface area contributed by atoms with E-state index in [1.165, 1.54) is 5.56 Å². The molecule has 0 atom stereocenters. The van der Waals surface area contributed by atoms with Crippen LogP contribution < -0.4 is 5.32 Å². The molecule has 2 aliphatic rings. The van der Waals surface area contributed by atoms with Crippen LogP contribution in [-0.2, 0) is 11.3 Å². The number of hydrogen-bond acceptors (Lipinski definition) is 7. The van der Waals surface area contributed by atoms with Gasteiger partial charge in [-0.15, -0.1) is 0 Å². The Morgan fingerprint density at radius 1 is 1.10 bits per heavy atom. The normalized spacial score (nSPS) is 20.3. The molecule has 1 amide bonds. The average Bonchev–Trinajstić information content (AvgIpc) is 3.32. The zero-order chi connectivity index (χ0) is 29.9. The monoisotopic (exact) mass is 584 g/mol. The standard InChI is InChI=1S/C31H42F2N6O3/c1-31(2,3)42-30(41)38-16-14-37(15-17-38)19-21-4-6-22(7-5-21)26-20-39(23-8-10-24(40)11-9-23)28-25(26)18-35-29(36-28)34-13-12-27(32)33/h4-7,18,20,23-24,27,40H,8-17,19H2,1-3H3,(H,34,35,36)/t23-,24-. The maximum Gasteiger partial charge on any atom is 0.410 e. The second-order valence-corrected chi connectivity index (χ2v) is 12.4. The number of ether oxygens (including phenoxy) is 1. The van der Waals surface area contributed by atoms with Crippen molar-refractivity contribution in [2.75, 3.05) is 38.0 Å². The quantitative estimate of drug-likeness (QED) is 0.351. The molecule has 2 fully saturated rings. The first kappa shape index (κ1) is 30.2. The van der Waals surface area contributed by atoms with Crippen LogP contribution in [0.4, 0.5) is 19.5 Å². The van der Waals surface area contributed by atoms with Gasteiger partial charge in [-0.05, 0) is 57.6 Å². The maximum atomic E-state index is 12.6. The molecule has 2 aromatic heterocycles. The van der Waals surface area contributed by atoms with Gasteiger partial charge in [0, 0.05) is 75.1 Å². The zero-order valence-electron chi connectivity index (χ0n) is 24.7. The molecule has 1 aliphatic heterocycles. The van der Waals surface area contributed by atoms with Gasteiger partial charge < -0.3 is 24.6 Å². The third-order valence-corrected chi connectivity index (χ3v) is 7.97. The van der Waals surface area contributed by atoms with Gasteiger partial charge in [-0.2, -0.15) is 4.98 Å². The van der Waals surface area contributed by atoms with Crippen LogP contribution >= 0.6 is 0 Å². The molecule has 3 aromatic rings. The highest BCUT2D eigenvalue weighted by Gasteiger charge is 2.27. The molecule has 228 valence electrons. The van der Waals surface area contributed by atoms with E-state index in [1.807, 2.05) is 20.8 Å². The van der Waals surface area contributed by atoms with Crippen molar-refractivity contribution in [2.24, 2.45) is 0 Å². The van der Waals surface area contributed by atoms with E-state index in [2.05, 4.69) is 50.2 Å². The highest BCUT2D eigenvalue weighted by Crippen LogP contribution is 2.37. The lowest BCUT2D eigenvalue weighted by atomic mass is 9.93. The number of aliphatic hydroxyl groups excluding tert-OH is 1. The molecule has 1 aromatic carbocycles. The first-order valence-corrected chi connectivity index (χ1v) is 14.9. The average molecular weight is 585 g/mol. The lowest BCUT2D eigenvalue weighted by Gasteiger charge is -2.35.